The lowest BCUT2D eigenvalue weighted by Gasteiger charge is -2.01. The molecule has 0 bridgehead atoms. The van der Waals surface area contributed by atoms with Crippen LogP contribution in [0.15, 0.2) is 6.07 Å². The molecule has 1 heterocycles. The molecule has 11 heavy (non-hydrogen) atoms. The summed E-state index contributed by atoms with van der Waals surface area (Å²) in [7, 11) is 0. The number of carbonyl (C=O) groups excluding carboxylic acids is 1. The van der Waals surface area contributed by atoms with Crippen LogP contribution in [0, 0.1) is 6.92 Å². The lowest BCUT2D eigenvalue weighted by molar-refractivity contribution is 0.112. The highest BCUT2D eigenvalue weighted by Crippen LogP contribution is 2.16. The van der Waals surface area contributed by atoms with Gasteiger partial charge in [-0.3, -0.25) is 4.79 Å². The molecule has 1 rings (SSSR count). The molecule has 2 N–H and O–H groups in total. The number of hydrogen-bond acceptors (Lipinski definition) is 3. The minimum Gasteiger partial charge on any atom is -0.398 e. The largest absolute Gasteiger partial charge is 0.398 e. The number of carbonyl (C=O) groups is 1. The van der Waals surface area contributed by atoms with Crippen LogP contribution in [0.25, 0.3) is 0 Å². The lowest BCUT2D eigenvalue weighted by Crippen LogP contribution is -1.98. The van der Waals surface area contributed by atoms with Gasteiger partial charge in [-0.05, 0) is 13.0 Å². The Hall–Kier alpha value is -1.09. The monoisotopic (exact) mass is 170 g/mol. The molecule has 0 aliphatic heterocycles. The fourth-order valence-corrected chi connectivity index (χ4v) is 1.07. The average molecular weight is 171 g/mol. The minimum atomic E-state index is 0.311. The van der Waals surface area contributed by atoms with E-state index in [9.17, 15) is 4.79 Å². The van der Waals surface area contributed by atoms with E-state index >= 15 is 0 Å². The number of pyridine rings is 1. The maximum Gasteiger partial charge on any atom is 0.153 e. The van der Waals surface area contributed by atoms with Crippen LogP contribution in [-0.2, 0) is 0 Å². The molecule has 0 aliphatic rings. The number of rotatable bonds is 1. The van der Waals surface area contributed by atoms with Crippen molar-refractivity contribution in [1.82, 2.24) is 4.98 Å². The first-order valence-corrected chi connectivity index (χ1v) is 3.40. The summed E-state index contributed by atoms with van der Waals surface area (Å²) in [4.78, 5) is 14.3. The molecule has 58 valence electrons. The molecule has 0 saturated carbocycles. The van der Waals surface area contributed by atoms with Gasteiger partial charge in [0.15, 0.2) is 6.29 Å². The molecule has 0 radical (unpaired) electrons. The van der Waals surface area contributed by atoms with Gasteiger partial charge in [-0.2, -0.15) is 0 Å². The number of aryl methyl sites for hydroxylation is 1. The number of aromatic nitrogens is 1. The van der Waals surface area contributed by atoms with Crippen molar-refractivity contribution in [2.75, 3.05) is 5.73 Å². The summed E-state index contributed by atoms with van der Waals surface area (Å²) < 4.78 is 0. The number of nitrogen functional groups attached to an aromatic ring is 1. The number of nitrogens with two attached hydrogens (primary N) is 1. The standard InChI is InChI=1S/C7H7ClN2O/c1-4-5(3-11)6(9)2-7(8)10-4/h2-3H,1H3,(H2,9,10). The summed E-state index contributed by atoms with van der Waals surface area (Å²) >= 11 is 5.57. The van der Waals surface area contributed by atoms with Gasteiger partial charge in [-0.1, -0.05) is 11.6 Å². The summed E-state index contributed by atoms with van der Waals surface area (Å²) in [6.45, 7) is 1.69. The molecule has 0 saturated heterocycles. The minimum absolute atomic E-state index is 0.311. The normalized spacial score (nSPS) is 9.64. The van der Waals surface area contributed by atoms with Crippen molar-refractivity contribution < 1.29 is 4.79 Å². The van der Waals surface area contributed by atoms with Gasteiger partial charge in [0.05, 0.1) is 11.3 Å². The SMILES string of the molecule is Cc1nc(Cl)cc(N)c1C=O. The number of hydrogen-bond donors (Lipinski definition) is 1. The zero-order chi connectivity index (χ0) is 8.43. The second-order valence-electron chi connectivity index (χ2n) is 2.15. The molecular weight excluding hydrogens is 164 g/mol. The summed E-state index contributed by atoms with van der Waals surface area (Å²) in [5.41, 5.74) is 6.82. The predicted molar refractivity (Wildman–Crippen MR) is 43.8 cm³/mol. The van der Waals surface area contributed by atoms with Crippen LogP contribution in [0.3, 0.4) is 0 Å². The molecule has 3 nitrogen and oxygen atoms in total. The molecule has 0 unspecified atom stereocenters. The van der Waals surface area contributed by atoms with Crippen molar-refractivity contribution in [3.63, 3.8) is 0 Å². The Kier molecular flexibility index (Phi) is 2.10. The van der Waals surface area contributed by atoms with Crippen molar-refractivity contribution in [3.8, 4) is 0 Å². The first-order chi connectivity index (χ1) is 5.15. The molecule has 1 aromatic rings. The van der Waals surface area contributed by atoms with E-state index in [0.717, 1.165) is 0 Å². The van der Waals surface area contributed by atoms with E-state index in [1.165, 1.54) is 6.07 Å². The Morgan fingerprint density at radius 3 is 2.82 bits per heavy atom. The fourth-order valence-electron chi connectivity index (χ4n) is 0.821. The van der Waals surface area contributed by atoms with Crippen LogP contribution < -0.4 is 5.73 Å². The predicted octanol–water partition coefficient (Wildman–Crippen LogP) is 1.44. The molecule has 0 fully saturated rings. The third-order valence-corrected chi connectivity index (χ3v) is 1.56. The molecule has 0 amide bonds. The highest BCUT2D eigenvalue weighted by Gasteiger charge is 2.03. The van der Waals surface area contributed by atoms with Crippen molar-refractivity contribution in [1.29, 1.82) is 0 Å². The fraction of sp³-hybridized carbons (Fsp3) is 0.143. The third-order valence-electron chi connectivity index (χ3n) is 1.37. The van der Waals surface area contributed by atoms with Crippen LogP contribution in [0.2, 0.25) is 5.15 Å². The van der Waals surface area contributed by atoms with Crippen molar-refractivity contribution >= 4 is 23.6 Å². The van der Waals surface area contributed by atoms with Crippen LogP contribution >= 0.6 is 11.6 Å². The molecule has 4 heteroatoms. The summed E-state index contributed by atoms with van der Waals surface area (Å²) in [6, 6.07) is 1.46. The Bertz CT molecular complexity index is 275. The van der Waals surface area contributed by atoms with E-state index in [1.807, 2.05) is 0 Å². The van der Waals surface area contributed by atoms with E-state index < -0.39 is 0 Å². The van der Waals surface area contributed by atoms with Gasteiger partial charge in [0, 0.05) is 5.69 Å². The molecule has 0 aliphatic carbocycles. The molecule has 1 aromatic heterocycles. The Morgan fingerprint density at radius 1 is 1.73 bits per heavy atom. The van der Waals surface area contributed by atoms with Gasteiger partial charge < -0.3 is 5.73 Å². The number of aldehydes is 1. The third kappa shape index (κ3) is 1.49. The van der Waals surface area contributed by atoms with Crippen LogP contribution in [0.1, 0.15) is 16.1 Å². The van der Waals surface area contributed by atoms with E-state index in [-0.39, 0.29) is 0 Å². The van der Waals surface area contributed by atoms with Gasteiger partial charge in [0.1, 0.15) is 5.15 Å². The maximum absolute atomic E-state index is 10.4. The van der Waals surface area contributed by atoms with Crippen LogP contribution in [0.4, 0.5) is 5.69 Å². The van der Waals surface area contributed by atoms with E-state index in [0.29, 0.717) is 28.4 Å². The quantitative estimate of drug-likeness (QED) is 0.513. The second-order valence-corrected chi connectivity index (χ2v) is 2.54. The molecule has 0 atom stereocenters. The van der Waals surface area contributed by atoms with E-state index in [1.54, 1.807) is 6.92 Å². The molecular formula is C7H7ClN2O. The number of anilines is 1. The van der Waals surface area contributed by atoms with E-state index in [4.69, 9.17) is 17.3 Å². The Labute approximate surface area is 69.2 Å². The van der Waals surface area contributed by atoms with Gasteiger partial charge in [0.2, 0.25) is 0 Å². The second kappa shape index (κ2) is 2.88. The highest BCUT2D eigenvalue weighted by molar-refractivity contribution is 6.29. The first kappa shape index (κ1) is 8.01. The summed E-state index contributed by atoms with van der Waals surface area (Å²) in [6.07, 6.45) is 0.675. The van der Waals surface area contributed by atoms with Gasteiger partial charge in [-0.15, -0.1) is 0 Å². The van der Waals surface area contributed by atoms with Gasteiger partial charge >= 0.3 is 0 Å². The van der Waals surface area contributed by atoms with E-state index in [2.05, 4.69) is 4.98 Å². The number of nitrogens with zero attached hydrogens (tertiary/aromatic N) is 1. The smallest absolute Gasteiger partial charge is 0.153 e. The van der Waals surface area contributed by atoms with Crippen molar-refractivity contribution in [2.45, 2.75) is 6.92 Å². The van der Waals surface area contributed by atoms with Gasteiger partial charge in [-0.25, -0.2) is 4.98 Å². The maximum atomic E-state index is 10.4. The molecule has 0 spiro atoms. The lowest BCUT2D eigenvalue weighted by atomic mass is 10.2. The summed E-state index contributed by atoms with van der Waals surface area (Å²) in [5.74, 6) is 0. The summed E-state index contributed by atoms with van der Waals surface area (Å²) in [5, 5.41) is 0.311. The Balaban J connectivity index is 3.36. The van der Waals surface area contributed by atoms with Crippen LogP contribution in [-0.4, -0.2) is 11.3 Å². The average Bonchev–Trinajstić information content (AvgIpc) is 1.85. The highest BCUT2D eigenvalue weighted by atomic mass is 35.5. The zero-order valence-corrected chi connectivity index (χ0v) is 6.72. The zero-order valence-electron chi connectivity index (χ0n) is 5.97. The molecule has 0 aromatic carbocycles. The van der Waals surface area contributed by atoms with Crippen LogP contribution in [0.5, 0.6) is 0 Å². The first-order valence-electron chi connectivity index (χ1n) is 3.03. The van der Waals surface area contributed by atoms with Crippen molar-refractivity contribution in [2.24, 2.45) is 0 Å². The Morgan fingerprint density at radius 2 is 2.36 bits per heavy atom. The van der Waals surface area contributed by atoms with Crippen molar-refractivity contribution in [3.05, 3.63) is 22.5 Å². The topological polar surface area (TPSA) is 56.0 Å². The van der Waals surface area contributed by atoms with Gasteiger partial charge in [0.25, 0.3) is 0 Å². The number of halogens is 1.